The Hall–Kier alpha value is -4.98. The molecule has 5 atom stereocenters. The molecule has 4 heterocycles. The van der Waals surface area contributed by atoms with Crippen LogP contribution in [0.4, 0.5) is 4.39 Å². The van der Waals surface area contributed by atoms with Gasteiger partial charge in [0.25, 0.3) is 5.56 Å². The monoisotopic (exact) mass is 674 g/mol. The maximum Gasteiger partial charge on any atom is 0.695 e. The lowest BCUT2D eigenvalue weighted by atomic mass is 9.80. The number of H-pyrrole nitrogens is 1. The zero-order valence-electron chi connectivity index (χ0n) is 25.7. The smallest absolute Gasteiger partial charge is 0.497 e. The number of methoxy groups -OCH3 is 2. The molecular weight excluding hydrogens is 644 g/mol. The summed E-state index contributed by atoms with van der Waals surface area (Å²) in [5.74, 6) is 1.49. The highest BCUT2D eigenvalue weighted by atomic mass is 31.1. The number of fused-ring (bicyclic) bond motifs is 2. The molecule has 3 aromatic heterocycles. The summed E-state index contributed by atoms with van der Waals surface area (Å²) in [5.41, 5.74) is 0.648. The van der Waals surface area contributed by atoms with Gasteiger partial charge in [-0.05, 0) is 41.0 Å². The fraction of sp³-hybridized carbons (Fsp3) is 0.242. The lowest BCUT2D eigenvalue weighted by molar-refractivity contribution is -0.0912. The summed E-state index contributed by atoms with van der Waals surface area (Å²) in [6.45, 7) is -0.286. The van der Waals surface area contributed by atoms with Crippen molar-refractivity contribution < 1.29 is 37.3 Å². The van der Waals surface area contributed by atoms with Crippen molar-refractivity contribution in [2.24, 2.45) is 0 Å². The molecule has 48 heavy (non-hydrogen) atoms. The summed E-state index contributed by atoms with van der Waals surface area (Å²) >= 11 is 0. The molecule has 7 rings (SSSR count). The zero-order valence-corrected chi connectivity index (χ0v) is 26.6. The third-order valence-electron chi connectivity index (χ3n) is 8.48. The predicted molar refractivity (Wildman–Crippen MR) is 171 cm³/mol. The van der Waals surface area contributed by atoms with E-state index in [1.54, 1.807) is 14.2 Å². The number of ether oxygens (including phenoxy) is 4. The Morgan fingerprint density at radius 3 is 2.19 bits per heavy atom. The van der Waals surface area contributed by atoms with Crippen LogP contribution >= 0.6 is 8.25 Å². The van der Waals surface area contributed by atoms with Crippen LogP contribution in [0, 0.1) is 0 Å². The van der Waals surface area contributed by atoms with Gasteiger partial charge in [-0.3, -0.25) is 9.36 Å². The summed E-state index contributed by atoms with van der Waals surface area (Å²) < 4.78 is 60.0. The number of alkyl halides is 1. The van der Waals surface area contributed by atoms with E-state index in [1.165, 1.54) is 27.7 Å². The van der Waals surface area contributed by atoms with Crippen molar-refractivity contribution in [2.75, 3.05) is 20.8 Å². The summed E-state index contributed by atoms with van der Waals surface area (Å²) in [6, 6.07) is 24.2. The van der Waals surface area contributed by atoms with Gasteiger partial charge in [0.15, 0.2) is 24.0 Å². The minimum atomic E-state index is -3.23. The van der Waals surface area contributed by atoms with E-state index in [1.807, 2.05) is 78.9 Å². The van der Waals surface area contributed by atoms with Crippen LogP contribution in [0.2, 0.25) is 0 Å². The highest BCUT2D eigenvalue weighted by Gasteiger charge is 2.53. The quantitative estimate of drug-likeness (QED) is 0.147. The van der Waals surface area contributed by atoms with E-state index in [-0.39, 0.29) is 23.5 Å². The molecule has 0 aliphatic carbocycles. The molecule has 1 saturated heterocycles. The Morgan fingerprint density at radius 2 is 1.58 bits per heavy atom. The van der Waals surface area contributed by atoms with Crippen molar-refractivity contribution in [1.29, 1.82) is 0 Å². The predicted octanol–water partition coefficient (Wildman–Crippen LogP) is 4.67. The molecule has 1 fully saturated rings. The third-order valence-corrected chi connectivity index (χ3v) is 8.90. The van der Waals surface area contributed by atoms with Crippen molar-refractivity contribution in [1.82, 2.24) is 23.9 Å². The van der Waals surface area contributed by atoms with Gasteiger partial charge in [0.05, 0.1) is 27.2 Å². The Balaban J connectivity index is 1.31. The Kier molecular flexibility index (Phi) is 8.50. The van der Waals surface area contributed by atoms with Gasteiger partial charge in [0.1, 0.15) is 28.9 Å². The molecule has 6 aromatic rings. The van der Waals surface area contributed by atoms with Crippen LogP contribution in [0.5, 0.6) is 11.5 Å². The second kappa shape index (κ2) is 12.9. The van der Waals surface area contributed by atoms with Gasteiger partial charge >= 0.3 is 8.25 Å². The van der Waals surface area contributed by atoms with Crippen molar-refractivity contribution in [3.63, 3.8) is 0 Å². The Bertz CT molecular complexity index is 2070. The van der Waals surface area contributed by atoms with Gasteiger partial charge in [-0.15, -0.1) is 9.42 Å². The van der Waals surface area contributed by atoms with Gasteiger partial charge in [0, 0.05) is 17.0 Å². The SMILES string of the molecule is COc1ccc(C(OC[C@H]2OC(n3cnc4c(=O)n5ccnc5[nH]c43)[C@@H](F)[C@@H]2O[P+](=O)O)(c2ccccc2)c2ccc(OC)cc2)cc1. The number of halogens is 1. The van der Waals surface area contributed by atoms with Crippen LogP contribution in [0.25, 0.3) is 16.9 Å². The first-order chi connectivity index (χ1) is 23.3. The molecule has 246 valence electrons. The second-order valence-electron chi connectivity index (χ2n) is 11.0. The highest BCUT2D eigenvalue weighted by molar-refractivity contribution is 7.32. The molecule has 0 bridgehead atoms. The van der Waals surface area contributed by atoms with Crippen LogP contribution < -0.4 is 15.0 Å². The van der Waals surface area contributed by atoms with Crippen molar-refractivity contribution >= 4 is 25.2 Å². The number of hydrogen-bond acceptors (Lipinski definition) is 9. The van der Waals surface area contributed by atoms with Gasteiger partial charge < -0.3 is 23.9 Å². The Labute approximate surface area is 273 Å². The molecule has 13 nitrogen and oxygen atoms in total. The molecule has 1 aliphatic rings. The summed E-state index contributed by atoms with van der Waals surface area (Å²) in [4.78, 5) is 34.1. The standard InChI is InChI=1S/C33H29FN5O8P/c1-43-23-12-8-21(9-13-23)33(20-6-4-3-5-7-20,22-10-14-24(44-2)15-11-22)45-18-25-28(47-48(41)42)26(34)31(46-25)39-19-36-27-29(39)37-32-35-16-17-38(32)30(27)40/h3-17,19,25-26,28,31H,18H2,1-2H3,(H-,35,37,40,41,42)/p+1/t25-,26+,28-,31?/m1/s1. The fourth-order valence-electron chi connectivity index (χ4n) is 6.18. The average Bonchev–Trinajstić information content (AvgIpc) is 3.84. The number of benzene rings is 3. The minimum absolute atomic E-state index is 0.0313. The van der Waals surface area contributed by atoms with Gasteiger partial charge in [0.2, 0.25) is 5.78 Å². The van der Waals surface area contributed by atoms with Crippen molar-refractivity contribution in [3.8, 4) is 11.5 Å². The lowest BCUT2D eigenvalue weighted by Crippen LogP contribution is -2.39. The normalized spacial score (nSPS) is 20.0. The number of aromatic nitrogens is 5. The van der Waals surface area contributed by atoms with E-state index in [4.69, 9.17) is 23.5 Å². The number of nitrogens with zero attached hydrogens (tertiary/aromatic N) is 4. The fourth-order valence-corrected chi connectivity index (χ4v) is 6.64. The maximum absolute atomic E-state index is 16.3. The summed E-state index contributed by atoms with van der Waals surface area (Å²) in [6.07, 6.45) is -1.88. The molecular formula is C33H30FN5O8P+. The third kappa shape index (κ3) is 5.43. The highest BCUT2D eigenvalue weighted by Crippen LogP contribution is 2.44. The first-order valence-electron chi connectivity index (χ1n) is 14.9. The van der Waals surface area contributed by atoms with E-state index in [9.17, 15) is 14.3 Å². The van der Waals surface area contributed by atoms with Crippen molar-refractivity contribution in [2.45, 2.75) is 30.2 Å². The minimum Gasteiger partial charge on any atom is -0.497 e. The molecule has 1 aliphatic heterocycles. The lowest BCUT2D eigenvalue weighted by Gasteiger charge is -2.37. The largest absolute Gasteiger partial charge is 0.695 e. The number of imidazole rings is 2. The van der Waals surface area contributed by atoms with Crippen LogP contribution in [0.1, 0.15) is 22.9 Å². The number of hydrogen-bond donors (Lipinski definition) is 2. The van der Waals surface area contributed by atoms with Crippen LogP contribution in [0.15, 0.2) is 102 Å². The molecule has 3 aromatic carbocycles. The van der Waals surface area contributed by atoms with E-state index in [0.717, 1.165) is 16.7 Å². The van der Waals surface area contributed by atoms with Gasteiger partial charge in [-0.1, -0.05) is 54.6 Å². The van der Waals surface area contributed by atoms with E-state index >= 15 is 4.39 Å². The first-order valence-corrected chi connectivity index (χ1v) is 16.0. The van der Waals surface area contributed by atoms with Gasteiger partial charge in [-0.25, -0.2) is 18.8 Å². The Morgan fingerprint density at radius 1 is 0.958 bits per heavy atom. The zero-order chi connectivity index (χ0) is 33.4. The molecule has 0 spiro atoms. The molecule has 15 heteroatoms. The number of nitrogens with one attached hydrogen (secondary N) is 1. The molecule has 0 saturated carbocycles. The average molecular weight is 675 g/mol. The van der Waals surface area contributed by atoms with E-state index in [0.29, 0.717) is 11.5 Å². The summed E-state index contributed by atoms with van der Waals surface area (Å²) in [7, 11) is -0.0829. The molecule has 2 N–H and O–H groups in total. The topological polar surface area (TPSA) is 151 Å². The van der Waals surface area contributed by atoms with E-state index < -0.39 is 44.0 Å². The van der Waals surface area contributed by atoms with E-state index in [2.05, 4.69) is 15.0 Å². The van der Waals surface area contributed by atoms with Crippen LogP contribution in [0.3, 0.4) is 0 Å². The second-order valence-corrected chi connectivity index (χ2v) is 11.7. The maximum atomic E-state index is 16.3. The molecule has 0 radical (unpaired) electrons. The molecule has 2 unspecified atom stereocenters. The molecule has 0 amide bonds. The first kappa shape index (κ1) is 31.6. The van der Waals surface area contributed by atoms with Crippen LogP contribution in [-0.2, 0) is 24.2 Å². The van der Waals surface area contributed by atoms with Gasteiger partial charge in [-0.2, -0.15) is 0 Å². The number of rotatable bonds is 11. The summed E-state index contributed by atoms with van der Waals surface area (Å²) in [5, 5.41) is 0. The van der Waals surface area contributed by atoms with Crippen LogP contribution in [-0.4, -0.2) is 68.0 Å². The number of aromatic amines is 1. The van der Waals surface area contributed by atoms with Crippen molar-refractivity contribution in [3.05, 3.63) is 125 Å².